The van der Waals surface area contributed by atoms with Gasteiger partial charge in [-0.05, 0) is 19.1 Å². The molecule has 1 heterocycles. The molecule has 0 saturated carbocycles. The van der Waals surface area contributed by atoms with Gasteiger partial charge in [-0.1, -0.05) is 48.5 Å². The zero-order valence-electron chi connectivity index (χ0n) is 14.9. The molecule has 7 heteroatoms. The summed E-state index contributed by atoms with van der Waals surface area (Å²) in [6, 6.07) is 20.0. The number of para-hydroxylation sites is 1. The molecule has 0 saturated heterocycles. The molecule has 26 heavy (non-hydrogen) atoms. The Balaban J connectivity index is 0.000000431. The van der Waals surface area contributed by atoms with Gasteiger partial charge in [-0.15, -0.1) is 0 Å². The van der Waals surface area contributed by atoms with Crippen LogP contribution in [0.15, 0.2) is 72.6 Å². The number of sulfonamides is 1. The van der Waals surface area contributed by atoms with Crippen molar-refractivity contribution in [2.75, 3.05) is 12.9 Å². The maximum Gasteiger partial charge on any atom is 0.209 e. The van der Waals surface area contributed by atoms with Crippen molar-refractivity contribution in [3.05, 3.63) is 78.2 Å². The predicted octanol–water partition coefficient (Wildman–Crippen LogP) is 2.69. The number of nitrogens with one attached hydrogen (secondary N) is 1. The second kappa shape index (κ2) is 8.73. The summed E-state index contributed by atoms with van der Waals surface area (Å²) in [5.41, 5.74) is 0.579. The lowest BCUT2D eigenvalue weighted by Crippen LogP contribution is -2.39. The summed E-state index contributed by atoms with van der Waals surface area (Å²) in [4.78, 5) is 0. The second-order valence-electron chi connectivity index (χ2n) is 5.94. The summed E-state index contributed by atoms with van der Waals surface area (Å²) in [6.07, 6.45) is 3.57. The van der Waals surface area contributed by atoms with E-state index in [1.54, 1.807) is 0 Å². The van der Waals surface area contributed by atoms with Gasteiger partial charge in [0.25, 0.3) is 0 Å². The second-order valence-corrected chi connectivity index (χ2v) is 7.59. The van der Waals surface area contributed by atoms with Gasteiger partial charge >= 0.3 is 0 Å². The molecule has 2 aromatic carbocycles. The van der Waals surface area contributed by atoms with Crippen LogP contribution >= 0.6 is 0 Å². The molecular weight excluding hydrogens is 352 g/mol. The zero-order chi connectivity index (χ0) is 19.0. The van der Waals surface area contributed by atoms with Crippen LogP contribution < -0.4 is 15.2 Å². The van der Waals surface area contributed by atoms with Gasteiger partial charge in [-0.2, -0.15) is 0 Å². The molecule has 0 bridgehead atoms. The van der Waals surface area contributed by atoms with Gasteiger partial charge in [0.1, 0.15) is 11.5 Å². The minimum Gasteiger partial charge on any atom is -0.493 e. The van der Waals surface area contributed by atoms with E-state index in [4.69, 9.17) is 9.47 Å². The smallest absolute Gasteiger partial charge is 0.209 e. The van der Waals surface area contributed by atoms with Gasteiger partial charge in [-0.25, -0.2) is 13.6 Å². The fourth-order valence-electron chi connectivity index (χ4n) is 2.50. The molecule has 0 fully saturated rings. The number of hydrogen-bond donors (Lipinski definition) is 2. The van der Waals surface area contributed by atoms with Crippen LogP contribution in [0.25, 0.3) is 0 Å². The number of allylic oxidation sites excluding steroid dienone is 1. The van der Waals surface area contributed by atoms with E-state index in [0.29, 0.717) is 6.61 Å². The van der Waals surface area contributed by atoms with Crippen LogP contribution in [-0.4, -0.2) is 21.3 Å². The largest absolute Gasteiger partial charge is 0.493 e. The molecule has 3 N–H and O–H groups in total. The molecule has 0 radical (unpaired) electrons. The van der Waals surface area contributed by atoms with Crippen LogP contribution in [0.4, 0.5) is 0 Å². The fraction of sp³-hybridized carbons (Fsp3) is 0.263. The van der Waals surface area contributed by atoms with Crippen LogP contribution in [-0.2, 0) is 20.5 Å². The molecule has 140 valence electrons. The van der Waals surface area contributed by atoms with E-state index >= 15 is 0 Å². The average Bonchev–Trinajstić information content (AvgIpc) is 2.97. The van der Waals surface area contributed by atoms with Crippen molar-refractivity contribution in [2.45, 2.75) is 19.1 Å². The summed E-state index contributed by atoms with van der Waals surface area (Å²) in [5.74, 6) is 1.77. The molecule has 1 atom stereocenters. The molecule has 0 spiro atoms. The van der Waals surface area contributed by atoms with Crippen LogP contribution in [0.1, 0.15) is 18.9 Å². The number of primary sulfonamides is 1. The Morgan fingerprint density at radius 3 is 2.12 bits per heavy atom. The van der Waals surface area contributed by atoms with E-state index < -0.39 is 15.7 Å². The first-order valence-electron chi connectivity index (χ1n) is 8.13. The quantitative estimate of drug-likeness (QED) is 0.837. The Hall–Kier alpha value is -2.51. The van der Waals surface area contributed by atoms with E-state index in [9.17, 15) is 8.42 Å². The third kappa shape index (κ3) is 6.42. The Bertz CT molecular complexity index is 815. The van der Waals surface area contributed by atoms with Crippen LogP contribution in [0, 0.1) is 0 Å². The summed E-state index contributed by atoms with van der Waals surface area (Å²) in [7, 11) is -3.17. The Kier molecular flexibility index (Phi) is 6.65. The Morgan fingerprint density at radius 1 is 1.08 bits per heavy atom. The first-order valence-corrected chi connectivity index (χ1v) is 10.1. The summed E-state index contributed by atoms with van der Waals surface area (Å²) in [6.45, 7) is 2.53. The SMILES string of the molecule is CC1=CNC(CCOc2ccccc2)(c2ccccc2)O1.CS(N)(=O)=O. The first-order chi connectivity index (χ1) is 12.3. The summed E-state index contributed by atoms with van der Waals surface area (Å²) >= 11 is 0. The Labute approximate surface area is 154 Å². The average molecular weight is 376 g/mol. The molecular formula is C19H24N2O4S. The van der Waals surface area contributed by atoms with Crippen molar-refractivity contribution < 1.29 is 17.9 Å². The number of rotatable bonds is 5. The van der Waals surface area contributed by atoms with Crippen molar-refractivity contribution in [2.24, 2.45) is 5.14 Å². The summed E-state index contributed by atoms with van der Waals surface area (Å²) in [5, 5.41) is 7.68. The third-order valence-electron chi connectivity index (χ3n) is 3.55. The molecule has 1 aliphatic rings. The maximum absolute atomic E-state index is 9.41. The number of hydrogen-bond acceptors (Lipinski definition) is 5. The van der Waals surface area contributed by atoms with Gasteiger partial charge in [0.15, 0.2) is 0 Å². The maximum atomic E-state index is 9.41. The minimum absolute atomic E-state index is 0.528. The molecule has 1 unspecified atom stereocenters. The van der Waals surface area contributed by atoms with Crippen molar-refractivity contribution in [3.63, 3.8) is 0 Å². The fourth-order valence-corrected chi connectivity index (χ4v) is 2.50. The van der Waals surface area contributed by atoms with E-state index in [1.165, 1.54) is 0 Å². The zero-order valence-corrected chi connectivity index (χ0v) is 15.7. The number of ether oxygens (including phenoxy) is 2. The van der Waals surface area contributed by atoms with Gasteiger partial charge in [0.05, 0.1) is 12.9 Å². The number of nitrogens with two attached hydrogens (primary N) is 1. The van der Waals surface area contributed by atoms with Crippen LogP contribution in [0.5, 0.6) is 5.75 Å². The highest BCUT2D eigenvalue weighted by Crippen LogP contribution is 2.33. The van der Waals surface area contributed by atoms with E-state index in [-0.39, 0.29) is 0 Å². The highest BCUT2D eigenvalue weighted by molar-refractivity contribution is 7.88. The van der Waals surface area contributed by atoms with Gasteiger partial charge in [0.2, 0.25) is 15.7 Å². The first kappa shape index (κ1) is 19.8. The van der Waals surface area contributed by atoms with Crippen molar-refractivity contribution in [1.29, 1.82) is 0 Å². The molecule has 1 aliphatic heterocycles. The predicted molar refractivity (Wildman–Crippen MR) is 102 cm³/mol. The van der Waals surface area contributed by atoms with Crippen LogP contribution in [0.3, 0.4) is 0 Å². The molecule has 0 amide bonds. The highest BCUT2D eigenvalue weighted by atomic mass is 32.2. The lowest BCUT2D eigenvalue weighted by molar-refractivity contribution is -0.0140. The summed E-state index contributed by atoms with van der Waals surface area (Å²) < 4.78 is 30.7. The molecule has 2 aromatic rings. The molecule has 6 nitrogen and oxygen atoms in total. The standard InChI is InChI=1S/C18H19NO2.CH5NO2S/c1-15-14-19-18(21-15,16-8-4-2-5-9-16)12-13-20-17-10-6-3-7-11-17;1-5(2,3)4/h2-11,14,19H,12-13H2,1H3;1H3,(H2,2,3,4). The van der Waals surface area contributed by atoms with E-state index in [2.05, 4.69) is 22.6 Å². The monoisotopic (exact) mass is 376 g/mol. The molecule has 3 rings (SSSR count). The Morgan fingerprint density at radius 2 is 1.62 bits per heavy atom. The number of benzene rings is 2. The van der Waals surface area contributed by atoms with Crippen molar-refractivity contribution in [1.82, 2.24) is 5.32 Å². The lowest BCUT2D eigenvalue weighted by Gasteiger charge is -2.30. The topological polar surface area (TPSA) is 90.7 Å². The van der Waals surface area contributed by atoms with Gasteiger partial charge in [0, 0.05) is 18.2 Å². The molecule has 0 aliphatic carbocycles. The van der Waals surface area contributed by atoms with Crippen molar-refractivity contribution >= 4 is 10.0 Å². The van der Waals surface area contributed by atoms with Gasteiger partial charge < -0.3 is 14.8 Å². The van der Waals surface area contributed by atoms with E-state index in [1.807, 2.05) is 61.7 Å². The normalized spacial score (nSPS) is 18.7. The minimum atomic E-state index is -3.17. The lowest BCUT2D eigenvalue weighted by atomic mass is 10.00. The van der Waals surface area contributed by atoms with Gasteiger partial charge in [-0.3, -0.25) is 0 Å². The highest BCUT2D eigenvalue weighted by Gasteiger charge is 2.37. The van der Waals surface area contributed by atoms with Crippen LogP contribution in [0.2, 0.25) is 0 Å². The van der Waals surface area contributed by atoms with E-state index in [0.717, 1.165) is 29.7 Å². The molecule has 0 aromatic heterocycles. The third-order valence-corrected chi connectivity index (χ3v) is 3.55. The van der Waals surface area contributed by atoms with Crippen molar-refractivity contribution in [3.8, 4) is 5.75 Å².